The molecule has 0 fully saturated rings. The lowest BCUT2D eigenvalue weighted by Gasteiger charge is -2.17. The molecule has 3 N–H and O–H groups in total. The maximum absolute atomic E-state index is 13.8. The predicted molar refractivity (Wildman–Crippen MR) is 206 cm³/mol. The van der Waals surface area contributed by atoms with Gasteiger partial charge in [0.15, 0.2) is 5.13 Å². The second-order valence-corrected chi connectivity index (χ2v) is 13.3. The molecule has 5 aromatic carbocycles. The number of aromatic nitrogens is 1. The zero-order chi connectivity index (χ0) is 36.3. The van der Waals surface area contributed by atoms with Gasteiger partial charge in [0, 0.05) is 27.1 Å². The number of nitrogens with zero attached hydrogens (tertiary/aromatic N) is 1. The lowest BCUT2D eigenvalue weighted by atomic mass is 10.1. The van der Waals surface area contributed by atoms with Crippen LogP contribution in [0.1, 0.15) is 33.7 Å². The summed E-state index contributed by atoms with van der Waals surface area (Å²) in [7, 11) is 0. The molecular weight excluding hydrogens is 696 g/mol. The third-order valence-corrected chi connectivity index (χ3v) is 9.60. The summed E-state index contributed by atoms with van der Waals surface area (Å²) in [6.45, 7) is 2.51. The van der Waals surface area contributed by atoms with Crippen LogP contribution in [-0.2, 0) is 9.59 Å². The van der Waals surface area contributed by atoms with E-state index in [1.165, 1.54) is 53.4 Å². The molecule has 6 rings (SSSR count). The molecule has 1 aromatic heterocycles. The smallest absolute Gasteiger partial charge is 0.272 e. The minimum atomic E-state index is -0.649. The lowest BCUT2D eigenvalue weighted by Crippen LogP contribution is -2.30. The van der Waals surface area contributed by atoms with Gasteiger partial charge in [-0.2, -0.15) is 0 Å². The molecule has 0 aliphatic carbocycles. The Labute approximate surface area is 308 Å². The van der Waals surface area contributed by atoms with Crippen molar-refractivity contribution in [1.82, 2.24) is 10.3 Å². The van der Waals surface area contributed by atoms with E-state index < -0.39 is 22.9 Å². The van der Waals surface area contributed by atoms with E-state index in [0.29, 0.717) is 33.4 Å². The summed E-state index contributed by atoms with van der Waals surface area (Å²) in [5.74, 6) is -0.963. The highest BCUT2D eigenvalue weighted by Crippen LogP contribution is 2.38. The minimum Gasteiger partial charge on any atom is -0.494 e. The predicted octanol–water partition coefficient (Wildman–Crippen LogP) is 9.23. The first-order valence-electron chi connectivity index (χ1n) is 16.3. The first-order valence-corrected chi connectivity index (χ1v) is 18.1. The number of hydrogen-bond acceptors (Lipinski definition) is 7. The molecule has 6 aromatic rings. The summed E-state index contributed by atoms with van der Waals surface area (Å²) in [5.41, 5.74) is 3.73. The molecule has 0 radical (unpaired) electrons. The second kappa shape index (κ2) is 17.3. The molecule has 0 aliphatic rings. The van der Waals surface area contributed by atoms with Crippen molar-refractivity contribution in [3.63, 3.8) is 0 Å². The van der Waals surface area contributed by atoms with Gasteiger partial charge < -0.3 is 20.7 Å². The zero-order valence-corrected chi connectivity index (χ0v) is 29.5. The lowest BCUT2D eigenvalue weighted by molar-refractivity contribution is -0.116. The van der Waals surface area contributed by atoms with E-state index in [2.05, 4.69) is 20.9 Å². The molecular formula is C41H33FN4O4S2. The molecule has 1 atom stereocenters. The molecule has 52 heavy (non-hydrogen) atoms. The van der Waals surface area contributed by atoms with E-state index in [-0.39, 0.29) is 11.6 Å². The highest BCUT2D eigenvalue weighted by atomic mass is 32.2. The fourth-order valence-corrected chi connectivity index (χ4v) is 6.88. The average Bonchev–Trinajstić information content (AvgIpc) is 3.64. The number of thiazole rings is 1. The average molecular weight is 729 g/mol. The Kier molecular flexibility index (Phi) is 11.9. The Bertz CT molecular complexity index is 2170. The Balaban J connectivity index is 1.19. The van der Waals surface area contributed by atoms with Crippen LogP contribution in [0.3, 0.4) is 0 Å². The van der Waals surface area contributed by atoms with Gasteiger partial charge in [-0.25, -0.2) is 9.37 Å². The van der Waals surface area contributed by atoms with Gasteiger partial charge in [-0.15, -0.1) is 23.1 Å². The Morgan fingerprint density at radius 1 is 0.846 bits per heavy atom. The third kappa shape index (κ3) is 9.59. The summed E-state index contributed by atoms with van der Waals surface area (Å²) in [4.78, 5) is 45.8. The fourth-order valence-electron chi connectivity index (χ4n) is 5.07. The standard InChI is InChI=1S/C41H33FN4O4S2/c1-2-50-33-22-18-28(19-23-33)36-26-51-41(45-36)46-40(49)37(29-10-5-3-6-11-29)52-34-15-9-14-32(25-34)43-39(48)35(24-27-16-20-31(42)21-17-27)44-38(47)30-12-7-4-8-13-30/h3-26,37H,2H2,1H3,(H,43,48)(H,44,47)(H,45,46,49)/b35-24-. The third-order valence-electron chi connectivity index (χ3n) is 7.59. The first kappa shape index (κ1) is 35.8. The number of rotatable bonds is 13. The van der Waals surface area contributed by atoms with E-state index in [1.807, 2.05) is 73.0 Å². The highest BCUT2D eigenvalue weighted by Gasteiger charge is 2.24. The van der Waals surface area contributed by atoms with Crippen molar-refractivity contribution in [3.05, 3.63) is 167 Å². The molecule has 8 nitrogen and oxygen atoms in total. The maximum atomic E-state index is 13.8. The fraction of sp³-hybridized carbons (Fsp3) is 0.0732. The molecule has 0 saturated heterocycles. The topological polar surface area (TPSA) is 109 Å². The number of benzene rings is 5. The van der Waals surface area contributed by atoms with Crippen molar-refractivity contribution in [2.75, 3.05) is 17.2 Å². The van der Waals surface area contributed by atoms with Gasteiger partial charge >= 0.3 is 0 Å². The van der Waals surface area contributed by atoms with Crippen LogP contribution >= 0.6 is 23.1 Å². The van der Waals surface area contributed by atoms with Gasteiger partial charge in [0.25, 0.3) is 11.8 Å². The number of hydrogen-bond donors (Lipinski definition) is 3. The summed E-state index contributed by atoms with van der Waals surface area (Å²) in [5, 5.41) is 10.2. The quantitative estimate of drug-likeness (QED) is 0.0809. The van der Waals surface area contributed by atoms with Crippen LogP contribution in [0, 0.1) is 5.82 Å². The summed E-state index contributed by atoms with van der Waals surface area (Å²) in [6.07, 6.45) is 1.48. The van der Waals surface area contributed by atoms with Crippen molar-refractivity contribution in [3.8, 4) is 17.0 Å². The SMILES string of the molecule is CCOc1ccc(-c2csc(NC(=O)C(Sc3cccc(NC(=O)/C(=C/c4ccc(F)cc4)NC(=O)c4ccccc4)c3)c3ccccc3)n2)cc1. The zero-order valence-electron chi connectivity index (χ0n) is 27.9. The van der Waals surface area contributed by atoms with E-state index in [1.54, 1.807) is 48.5 Å². The van der Waals surface area contributed by atoms with Gasteiger partial charge in [0.2, 0.25) is 5.91 Å². The normalized spacial score (nSPS) is 11.7. The Morgan fingerprint density at radius 2 is 1.56 bits per heavy atom. The van der Waals surface area contributed by atoms with E-state index in [9.17, 15) is 18.8 Å². The highest BCUT2D eigenvalue weighted by molar-refractivity contribution is 8.00. The maximum Gasteiger partial charge on any atom is 0.272 e. The monoisotopic (exact) mass is 728 g/mol. The molecule has 0 aliphatic heterocycles. The van der Waals surface area contributed by atoms with Crippen molar-refractivity contribution in [2.24, 2.45) is 0 Å². The number of anilines is 2. The van der Waals surface area contributed by atoms with Gasteiger partial charge in [0.05, 0.1) is 12.3 Å². The van der Waals surface area contributed by atoms with Crippen LogP contribution < -0.4 is 20.7 Å². The van der Waals surface area contributed by atoms with Gasteiger partial charge in [-0.3, -0.25) is 14.4 Å². The van der Waals surface area contributed by atoms with Crippen LogP contribution in [0.2, 0.25) is 0 Å². The van der Waals surface area contributed by atoms with Crippen molar-refractivity contribution in [2.45, 2.75) is 17.1 Å². The van der Waals surface area contributed by atoms with Crippen molar-refractivity contribution in [1.29, 1.82) is 0 Å². The van der Waals surface area contributed by atoms with Crippen LogP contribution in [-0.4, -0.2) is 29.3 Å². The number of nitrogens with one attached hydrogen (secondary N) is 3. The molecule has 11 heteroatoms. The van der Waals surface area contributed by atoms with E-state index >= 15 is 0 Å². The Hall–Kier alpha value is -6.04. The molecule has 0 bridgehead atoms. The van der Waals surface area contributed by atoms with Gasteiger partial charge in [-0.05, 0) is 90.9 Å². The molecule has 1 heterocycles. The number of amides is 3. The Morgan fingerprint density at radius 3 is 2.27 bits per heavy atom. The summed E-state index contributed by atoms with van der Waals surface area (Å²) in [6, 6.07) is 38.2. The number of ether oxygens (including phenoxy) is 1. The van der Waals surface area contributed by atoms with Crippen LogP contribution in [0.4, 0.5) is 15.2 Å². The number of carbonyl (C=O) groups is 3. The van der Waals surface area contributed by atoms with Gasteiger partial charge in [-0.1, -0.05) is 66.7 Å². The minimum absolute atomic E-state index is 0.0342. The number of carbonyl (C=O) groups excluding carboxylic acids is 3. The molecule has 260 valence electrons. The molecule has 3 amide bonds. The number of thioether (sulfide) groups is 1. The summed E-state index contributed by atoms with van der Waals surface area (Å²) < 4.78 is 19.1. The number of halogens is 1. The van der Waals surface area contributed by atoms with Crippen LogP contribution in [0.5, 0.6) is 5.75 Å². The van der Waals surface area contributed by atoms with Crippen LogP contribution in [0.25, 0.3) is 17.3 Å². The van der Waals surface area contributed by atoms with Crippen molar-refractivity contribution >= 4 is 57.7 Å². The van der Waals surface area contributed by atoms with E-state index in [0.717, 1.165) is 22.6 Å². The van der Waals surface area contributed by atoms with E-state index in [4.69, 9.17) is 4.74 Å². The second-order valence-electron chi connectivity index (χ2n) is 11.3. The summed E-state index contributed by atoms with van der Waals surface area (Å²) >= 11 is 2.66. The first-order chi connectivity index (χ1) is 25.3. The molecule has 1 unspecified atom stereocenters. The van der Waals surface area contributed by atoms with Crippen LogP contribution in [0.15, 0.2) is 149 Å². The largest absolute Gasteiger partial charge is 0.494 e. The van der Waals surface area contributed by atoms with Gasteiger partial charge in [0.1, 0.15) is 22.5 Å². The molecule has 0 saturated carbocycles. The molecule has 0 spiro atoms. The van der Waals surface area contributed by atoms with Crippen molar-refractivity contribution < 1.29 is 23.5 Å².